The van der Waals surface area contributed by atoms with Crippen LogP contribution in [-0.4, -0.2) is 28.8 Å². The number of aromatic nitrogens is 1. The van der Waals surface area contributed by atoms with Crippen LogP contribution in [0.1, 0.15) is 26.3 Å². The zero-order valence-electron chi connectivity index (χ0n) is 13.2. The molecule has 0 amide bonds. The van der Waals surface area contributed by atoms with Gasteiger partial charge in [0.25, 0.3) is 0 Å². The van der Waals surface area contributed by atoms with E-state index in [2.05, 4.69) is 9.72 Å². The summed E-state index contributed by atoms with van der Waals surface area (Å²) in [7, 11) is 0. The number of fused-ring (bicyclic) bond motifs is 1. The van der Waals surface area contributed by atoms with E-state index in [9.17, 15) is 14.0 Å². The number of carbonyl (C=O) groups is 2. The lowest BCUT2D eigenvalue weighted by molar-refractivity contribution is -0.142. The highest BCUT2D eigenvalue weighted by molar-refractivity contribution is 5.87. The van der Waals surface area contributed by atoms with Crippen LogP contribution in [0.3, 0.4) is 0 Å². The number of aromatic amines is 1. The molecule has 23 heavy (non-hydrogen) atoms. The third-order valence-corrected chi connectivity index (χ3v) is 3.05. The number of ether oxygens (including phenoxy) is 2. The van der Waals surface area contributed by atoms with Crippen LogP contribution in [0.25, 0.3) is 10.9 Å². The van der Waals surface area contributed by atoms with Crippen molar-refractivity contribution < 1.29 is 23.5 Å². The Hall–Kier alpha value is -2.41. The van der Waals surface area contributed by atoms with Crippen LogP contribution in [0.4, 0.5) is 9.18 Å². The SMILES string of the molecule is CC(C)(C)OC(=O)OC(=O)[C@@H](N)Cc1c[nH]c2cc(F)ccc12. The lowest BCUT2D eigenvalue weighted by Crippen LogP contribution is -2.37. The van der Waals surface area contributed by atoms with E-state index in [0.717, 1.165) is 10.9 Å². The Morgan fingerprint density at radius 3 is 2.70 bits per heavy atom. The van der Waals surface area contributed by atoms with Crippen LogP contribution in [0.2, 0.25) is 0 Å². The molecular weight excluding hydrogens is 303 g/mol. The van der Waals surface area contributed by atoms with Gasteiger partial charge in [-0.3, -0.25) is 0 Å². The predicted octanol–water partition coefficient (Wildman–Crippen LogP) is 2.66. The molecule has 0 aliphatic heterocycles. The van der Waals surface area contributed by atoms with Crippen LogP contribution in [0.5, 0.6) is 0 Å². The first kappa shape index (κ1) is 17.0. The average Bonchev–Trinajstić information content (AvgIpc) is 2.78. The van der Waals surface area contributed by atoms with Crippen molar-refractivity contribution in [3.05, 3.63) is 35.8 Å². The number of H-pyrrole nitrogens is 1. The summed E-state index contributed by atoms with van der Waals surface area (Å²) in [5.74, 6) is -1.24. The number of carbonyl (C=O) groups excluding carboxylic acids is 2. The first-order valence-electron chi connectivity index (χ1n) is 7.11. The highest BCUT2D eigenvalue weighted by Gasteiger charge is 2.24. The van der Waals surface area contributed by atoms with E-state index < -0.39 is 23.8 Å². The minimum absolute atomic E-state index is 0.146. The maximum absolute atomic E-state index is 13.1. The Kier molecular flexibility index (Phi) is 4.70. The fraction of sp³-hybridized carbons (Fsp3) is 0.375. The Labute approximate surface area is 132 Å². The van der Waals surface area contributed by atoms with Crippen molar-refractivity contribution in [2.24, 2.45) is 5.73 Å². The van der Waals surface area contributed by atoms with Crippen LogP contribution in [0.15, 0.2) is 24.4 Å². The van der Waals surface area contributed by atoms with Crippen molar-refractivity contribution in [2.45, 2.75) is 38.8 Å². The fourth-order valence-electron chi connectivity index (χ4n) is 2.08. The van der Waals surface area contributed by atoms with E-state index in [4.69, 9.17) is 10.5 Å². The molecule has 124 valence electrons. The topological polar surface area (TPSA) is 94.4 Å². The normalized spacial score (nSPS) is 12.9. The number of halogens is 1. The van der Waals surface area contributed by atoms with E-state index in [1.165, 1.54) is 12.1 Å². The molecule has 0 saturated carbocycles. The molecule has 7 heteroatoms. The molecule has 0 radical (unpaired) electrons. The minimum Gasteiger partial charge on any atom is -0.428 e. The molecule has 2 rings (SSSR count). The second-order valence-corrected chi connectivity index (χ2v) is 6.20. The molecule has 2 aromatic rings. The van der Waals surface area contributed by atoms with E-state index in [1.807, 2.05) is 0 Å². The number of rotatable bonds is 3. The molecule has 0 fully saturated rings. The van der Waals surface area contributed by atoms with Crippen molar-refractivity contribution in [1.82, 2.24) is 4.98 Å². The summed E-state index contributed by atoms with van der Waals surface area (Å²) in [5, 5.41) is 0.756. The van der Waals surface area contributed by atoms with Crippen molar-refractivity contribution >= 4 is 23.0 Å². The van der Waals surface area contributed by atoms with Crippen LogP contribution in [0, 0.1) is 5.82 Å². The molecule has 0 saturated heterocycles. The fourth-order valence-corrected chi connectivity index (χ4v) is 2.08. The second-order valence-electron chi connectivity index (χ2n) is 6.20. The average molecular weight is 322 g/mol. The molecule has 1 aromatic carbocycles. The lowest BCUT2D eigenvalue weighted by Gasteiger charge is -2.19. The number of nitrogens with two attached hydrogens (primary N) is 1. The van der Waals surface area contributed by atoms with E-state index in [0.29, 0.717) is 5.52 Å². The van der Waals surface area contributed by atoms with Gasteiger partial charge in [0.1, 0.15) is 17.5 Å². The predicted molar refractivity (Wildman–Crippen MR) is 82.3 cm³/mol. The summed E-state index contributed by atoms with van der Waals surface area (Å²) in [6.07, 6.45) is 0.705. The summed E-state index contributed by atoms with van der Waals surface area (Å²) < 4.78 is 22.6. The second kappa shape index (κ2) is 6.37. The first-order valence-corrected chi connectivity index (χ1v) is 7.11. The van der Waals surface area contributed by atoms with E-state index in [1.54, 1.807) is 33.0 Å². The Morgan fingerprint density at radius 1 is 1.35 bits per heavy atom. The van der Waals surface area contributed by atoms with Gasteiger partial charge in [0, 0.05) is 23.5 Å². The van der Waals surface area contributed by atoms with E-state index in [-0.39, 0.29) is 12.2 Å². The highest BCUT2D eigenvalue weighted by Crippen LogP contribution is 2.20. The molecule has 1 aromatic heterocycles. The Balaban J connectivity index is 2.01. The smallest absolute Gasteiger partial charge is 0.428 e. The summed E-state index contributed by atoms with van der Waals surface area (Å²) in [6, 6.07) is 3.24. The lowest BCUT2D eigenvalue weighted by atomic mass is 10.1. The summed E-state index contributed by atoms with van der Waals surface area (Å²) in [5.41, 5.74) is 6.34. The van der Waals surface area contributed by atoms with Gasteiger partial charge in [-0.1, -0.05) is 0 Å². The molecule has 0 aliphatic rings. The third-order valence-electron chi connectivity index (χ3n) is 3.05. The number of hydrogen-bond acceptors (Lipinski definition) is 5. The Bertz CT molecular complexity index is 733. The number of esters is 1. The number of benzene rings is 1. The van der Waals surface area contributed by atoms with Gasteiger partial charge in [0.2, 0.25) is 0 Å². The standard InChI is InChI=1S/C16H19FN2O4/c1-16(2,3)23-15(21)22-14(20)12(18)6-9-8-19-13-7-10(17)4-5-11(9)13/h4-5,7-8,12,19H,6,18H2,1-3H3/t12-/m0/s1. The van der Waals surface area contributed by atoms with Crippen molar-refractivity contribution in [3.8, 4) is 0 Å². The molecule has 0 spiro atoms. The van der Waals surface area contributed by atoms with Gasteiger partial charge in [0.15, 0.2) is 0 Å². The number of nitrogens with one attached hydrogen (secondary N) is 1. The third kappa shape index (κ3) is 4.53. The molecule has 3 N–H and O–H groups in total. The van der Waals surface area contributed by atoms with Crippen LogP contribution < -0.4 is 5.73 Å². The summed E-state index contributed by atoms with van der Waals surface area (Å²) in [6.45, 7) is 4.97. The van der Waals surface area contributed by atoms with Crippen molar-refractivity contribution in [2.75, 3.05) is 0 Å². The molecule has 0 unspecified atom stereocenters. The summed E-state index contributed by atoms with van der Waals surface area (Å²) >= 11 is 0. The van der Waals surface area contributed by atoms with Gasteiger partial charge in [-0.25, -0.2) is 14.0 Å². The molecule has 1 atom stereocenters. The highest BCUT2D eigenvalue weighted by atomic mass is 19.1. The van der Waals surface area contributed by atoms with Gasteiger partial charge in [-0.05, 0) is 44.5 Å². The zero-order valence-corrected chi connectivity index (χ0v) is 13.2. The quantitative estimate of drug-likeness (QED) is 0.669. The van der Waals surface area contributed by atoms with Gasteiger partial charge < -0.3 is 20.2 Å². The summed E-state index contributed by atoms with van der Waals surface area (Å²) in [4.78, 5) is 26.2. The largest absolute Gasteiger partial charge is 0.516 e. The zero-order chi connectivity index (χ0) is 17.2. The maximum Gasteiger partial charge on any atom is 0.516 e. The molecule has 1 heterocycles. The van der Waals surface area contributed by atoms with Gasteiger partial charge in [0.05, 0.1) is 0 Å². The van der Waals surface area contributed by atoms with Crippen LogP contribution in [-0.2, 0) is 20.7 Å². The van der Waals surface area contributed by atoms with Crippen molar-refractivity contribution in [1.29, 1.82) is 0 Å². The molecule has 0 bridgehead atoms. The van der Waals surface area contributed by atoms with Crippen molar-refractivity contribution in [3.63, 3.8) is 0 Å². The van der Waals surface area contributed by atoms with E-state index >= 15 is 0 Å². The van der Waals surface area contributed by atoms with Crippen LogP contribution >= 0.6 is 0 Å². The monoisotopic (exact) mass is 322 g/mol. The maximum atomic E-state index is 13.1. The Morgan fingerprint density at radius 2 is 2.04 bits per heavy atom. The molecular formula is C16H19FN2O4. The molecule has 6 nitrogen and oxygen atoms in total. The molecule has 0 aliphatic carbocycles. The van der Waals surface area contributed by atoms with Gasteiger partial charge in [-0.2, -0.15) is 0 Å². The van der Waals surface area contributed by atoms with Gasteiger partial charge in [-0.15, -0.1) is 0 Å². The van der Waals surface area contributed by atoms with Gasteiger partial charge >= 0.3 is 12.1 Å². The first-order chi connectivity index (χ1) is 10.7. The minimum atomic E-state index is -1.08. The number of hydrogen-bond donors (Lipinski definition) is 2.